The lowest BCUT2D eigenvalue weighted by atomic mass is 9.95. The first-order valence-electron chi connectivity index (χ1n) is 6.37. The van der Waals surface area contributed by atoms with Crippen molar-refractivity contribution in [3.8, 4) is 11.1 Å². The number of aromatic nitrogens is 1. The first-order chi connectivity index (χ1) is 10.7. The fourth-order valence-corrected chi connectivity index (χ4v) is 2.35. The third kappa shape index (κ3) is 2.84. The minimum atomic E-state index is -1.36. The number of aryl methyl sites for hydroxylation is 1. The number of non-ortho nitro benzene ring substituents is 1. The third-order valence-electron chi connectivity index (χ3n) is 3.33. The molecule has 1 aromatic carbocycles. The van der Waals surface area contributed by atoms with Gasteiger partial charge in [0.2, 0.25) is 0 Å². The lowest BCUT2D eigenvalue weighted by Gasteiger charge is -2.10. The molecule has 0 aliphatic heterocycles. The summed E-state index contributed by atoms with van der Waals surface area (Å²) in [4.78, 5) is 35.9. The maximum Gasteiger partial charge on any atom is 0.367 e. The molecule has 0 bridgehead atoms. The minimum absolute atomic E-state index is 0.102. The van der Waals surface area contributed by atoms with Gasteiger partial charge in [-0.3, -0.25) is 10.1 Å². The van der Waals surface area contributed by atoms with Crippen LogP contribution in [0.15, 0.2) is 24.3 Å². The quantitative estimate of drug-likeness (QED) is 0.676. The van der Waals surface area contributed by atoms with Gasteiger partial charge in [-0.1, -0.05) is 12.1 Å². The molecule has 1 N–H and O–H groups in total. The Labute approximate surface area is 129 Å². The van der Waals surface area contributed by atoms with Gasteiger partial charge < -0.3 is 15.2 Å². The van der Waals surface area contributed by atoms with E-state index >= 15 is 0 Å². The molecule has 0 fully saturated rings. The molecule has 1 aromatic heterocycles. The molecule has 118 valence electrons. The molecule has 9 nitrogen and oxygen atoms in total. The normalized spacial score (nSPS) is 10.3. The van der Waals surface area contributed by atoms with Gasteiger partial charge in [0.15, 0.2) is 5.69 Å². The molecule has 2 aromatic rings. The molecule has 0 spiro atoms. The van der Waals surface area contributed by atoms with E-state index in [0.29, 0.717) is 0 Å². The Kier molecular flexibility index (Phi) is 4.04. The van der Waals surface area contributed by atoms with E-state index in [4.69, 9.17) is 0 Å². The smallest absolute Gasteiger partial charge is 0.367 e. The Morgan fingerprint density at radius 2 is 1.83 bits per heavy atom. The van der Waals surface area contributed by atoms with E-state index in [1.165, 1.54) is 38.1 Å². The van der Waals surface area contributed by atoms with Crippen molar-refractivity contribution in [2.45, 2.75) is 13.8 Å². The predicted octanol–water partition coefficient (Wildman–Crippen LogP) is 2.88. The van der Waals surface area contributed by atoms with Gasteiger partial charge in [-0.2, -0.15) is 0 Å². The van der Waals surface area contributed by atoms with E-state index in [1.807, 2.05) is 0 Å². The zero-order chi connectivity index (χ0) is 17.3. The van der Waals surface area contributed by atoms with E-state index in [0.717, 1.165) is 0 Å². The molecular weight excluding hydrogens is 306 g/mol. The Bertz CT molecular complexity index is 847. The average Bonchev–Trinajstić information content (AvgIpc) is 2.48. The van der Waals surface area contributed by atoms with Crippen LogP contribution < -0.4 is 0 Å². The summed E-state index contributed by atoms with van der Waals surface area (Å²) < 4.78 is 0. The topological polar surface area (TPSA) is 136 Å². The molecule has 0 atom stereocenters. The summed E-state index contributed by atoms with van der Waals surface area (Å²) in [6.45, 7) is 2.71. The third-order valence-corrected chi connectivity index (χ3v) is 3.33. The van der Waals surface area contributed by atoms with Gasteiger partial charge in [-0.05, 0) is 22.4 Å². The molecule has 9 heteroatoms. The molecule has 0 aliphatic rings. The van der Waals surface area contributed by atoms with Gasteiger partial charge in [-0.25, -0.2) is 4.79 Å². The Hall–Kier alpha value is -3.36. The van der Waals surface area contributed by atoms with Gasteiger partial charge >= 0.3 is 11.8 Å². The number of rotatable bonds is 4. The van der Waals surface area contributed by atoms with Crippen LogP contribution in [0.5, 0.6) is 0 Å². The van der Waals surface area contributed by atoms with Crippen LogP contribution in [0.2, 0.25) is 0 Å². The molecule has 0 unspecified atom stereocenters. The van der Waals surface area contributed by atoms with Crippen molar-refractivity contribution in [1.82, 2.24) is 4.98 Å². The number of carboxylic acid groups (broad SMARTS) is 1. The zero-order valence-corrected chi connectivity index (χ0v) is 12.1. The predicted molar refractivity (Wildman–Crippen MR) is 79.4 cm³/mol. The molecule has 23 heavy (non-hydrogen) atoms. The van der Waals surface area contributed by atoms with Gasteiger partial charge in [0.05, 0.1) is 16.1 Å². The van der Waals surface area contributed by atoms with Gasteiger partial charge in [0.25, 0.3) is 5.69 Å². The van der Waals surface area contributed by atoms with Crippen LogP contribution in [-0.4, -0.2) is 25.9 Å². The highest BCUT2D eigenvalue weighted by Crippen LogP contribution is 2.34. The van der Waals surface area contributed by atoms with Crippen LogP contribution in [0.4, 0.5) is 11.5 Å². The van der Waals surface area contributed by atoms with Crippen LogP contribution in [0, 0.1) is 34.1 Å². The lowest BCUT2D eigenvalue weighted by Crippen LogP contribution is -2.10. The number of nitrogens with zero attached hydrogens (tertiary/aromatic N) is 3. The fourth-order valence-electron chi connectivity index (χ4n) is 2.35. The summed E-state index contributed by atoms with van der Waals surface area (Å²) in [5, 5.41) is 31.3. The number of nitro groups is 2. The number of carbonyl (C=O) groups is 1. The summed E-state index contributed by atoms with van der Waals surface area (Å²) in [6.07, 6.45) is 0. The second kappa shape index (κ2) is 5.79. The van der Waals surface area contributed by atoms with Crippen LogP contribution in [0.3, 0.4) is 0 Å². The number of pyridine rings is 1. The summed E-state index contributed by atoms with van der Waals surface area (Å²) in [7, 11) is 0. The number of hydrogen-bond donors (Lipinski definition) is 1. The number of nitro benzene ring substituents is 1. The van der Waals surface area contributed by atoms with Gasteiger partial charge in [-0.15, -0.1) is 0 Å². The SMILES string of the molecule is Cc1nc([N+](=O)[O-])c(C)c(C(=O)O)c1-c1cccc([N+](=O)[O-])c1. The summed E-state index contributed by atoms with van der Waals surface area (Å²) in [5.74, 6) is -1.91. The number of aromatic carboxylic acids is 1. The van der Waals surface area contributed by atoms with Crippen molar-refractivity contribution < 1.29 is 19.7 Å². The van der Waals surface area contributed by atoms with Gasteiger partial charge in [0, 0.05) is 24.6 Å². The van der Waals surface area contributed by atoms with Crippen molar-refractivity contribution in [3.63, 3.8) is 0 Å². The highest BCUT2D eigenvalue weighted by atomic mass is 16.6. The summed E-state index contributed by atoms with van der Waals surface area (Å²) >= 11 is 0. The van der Waals surface area contributed by atoms with Crippen molar-refractivity contribution in [2.75, 3.05) is 0 Å². The summed E-state index contributed by atoms with van der Waals surface area (Å²) in [6, 6.07) is 5.39. The van der Waals surface area contributed by atoms with Gasteiger partial charge in [0.1, 0.15) is 0 Å². The molecule has 0 radical (unpaired) electrons. The summed E-state index contributed by atoms with van der Waals surface area (Å²) in [5.41, 5.74) is -0.0994. The van der Waals surface area contributed by atoms with E-state index in [1.54, 1.807) is 0 Å². The van der Waals surface area contributed by atoms with Crippen molar-refractivity contribution in [1.29, 1.82) is 0 Å². The number of benzene rings is 1. The standard InChI is InChI=1S/C14H11N3O6/c1-7-11(14(18)19)12(8(2)15-13(7)17(22)23)9-4-3-5-10(6-9)16(20)21/h3-6H,1-2H3,(H,18,19). The Morgan fingerprint density at radius 3 is 2.35 bits per heavy atom. The highest BCUT2D eigenvalue weighted by molar-refractivity contribution is 5.99. The Balaban J connectivity index is 2.84. The number of hydrogen-bond acceptors (Lipinski definition) is 6. The van der Waals surface area contributed by atoms with Crippen LogP contribution in [0.1, 0.15) is 21.6 Å². The van der Waals surface area contributed by atoms with E-state index in [9.17, 15) is 30.1 Å². The van der Waals surface area contributed by atoms with Crippen molar-refractivity contribution in [2.24, 2.45) is 0 Å². The fraction of sp³-hybridized carbons (Fsp3) is 0.143. The molecule has 0 saturated heterocycles. The lowest BCUT2D eigenvalue weighted by molar-refractivity contribution is -0.390. The van der Waals surface area contributed by atoms with E-state index < -0.39 is 21.6 Å². The molecule has 0 aliphatic carbocycles. The number of carboxylic acids is 1. The first-order valence-corrected chi connectivity index (χ1v) is 6.37. The second-order valence-corrected chi connectivity index (χ2v) is 4.77. The van der Waals surface area contributed by atoms with Crippen LogP contribution in [0.25, 0.3) is 11.1 Å². The second-order valence-electron chi connectivity index (χ2n) is 4.77. The maximum absolute atomic E-state index is 11.6. The van der Waals surface area contributed by atoms with Crippen LogP contribution in [-0.2, 0) is 0 Å². The van der Waals surface area contributed by atoms with Crippen molar-refractivity contribution in [3.05, 3.63) is 61.3 Å². The van der Waals surface area contributed by atoms with E-state index in [2.05, 4.69) is 4.98 Å². The molecule has 0 amide bonds. The Morgan fingerprint density at radius 1 is 1.17 bits per heavy atom. The zero-order valence-electron chi connectivity index (χ0n) is 12.1. The monoisotopic (exact) mass is 317 g/mol. The molecule has 0 saturated carbocycles. The first kappa shape index (κ1) is 16.0. The van der Waals surface area contributed by atoms with Crippen molar-refractivity contribution >= 4 is 17.5 Å². The maximum atomic E-state index is 11.6. The van der Waals surface area contributed by atoms with Crippen LogP contribution >= 0.6 is 0 Å². The molecule has 1 heterocycles. The minimum Gasteiger partial charge on any atom is -0.478 e. The highest BCUT2D eigenvalue weighted by Gasteiger charge is 2.28. The average molecular weight is 317 g/mol. The largest absolute Gasteiger partial charge is 0.478 e. The molecule has 2 rings (SSSR count). The van der Waals surface area contributed by atoms with E-state index in [-0.39, 0.29) is 33.6 Å². The molecular formula is C14H11N3O6.